The number of benzene rings is 1. The molecule has 1 heterocycles. The number of carbonyl (C=O) groups is 1. The number of carbonyl (C=O) groups excluding carboxylic acids is 1. The summed E-state index contributed by atoms with van der Waals surface area (Å²) in [6.45, 7) is 11.0. The fourth-order valence-corrected chi connectivity index (χ4v) is 3.04. The van der Waals surface area contributed by atoms with Crippen molar-refractivity contribution < 1.29 is 9.90 Å². The highest BCUT2D eigenvalue weighted by Crippen LogP contribution is 2.17. The number of piperazine rings is 1. The van der Waals surface area contributed by atoms with E-state index < -0.39 is 0 Å². The van der Waals surface area contributed by atoms with Gasteiger partial charge in [-0.1, -0.05) is 12.1 Å². The molecule has 2 rings (SSSR count). The Morgan fingerprint density at radius 1 is 1.16 bits per heavy atom. The summed E-state index contributed by atoms with van der Waals surface area (Å²) in [5, 5.41) is 14.6. The highest BCUT2D eigenvalue weighted by Gasteiger charge is 2.18. The summed E-state index contributed by atoms with van der Waals surface area (Å²) in [5.41, 5.74) is 2.61. The van der Waals surface area contributed by atoms with E-state index in [1.165, 1.54) is 11.3 Å². The van der Waals surface area contributed by atoms with Gasteiger partial charge in [-0.15, -0.1) is 0 Å². The van der Waals surface area contributed by atoms with Gasteiger partial charge in [0.25, 0.3) is 0 Å². The first-order valence-corrected chi connectivity index (χ1v) is 9.20. The molecule has 140 valence electrons. The van der Waals surface area contributed by atoms with Crippen molar-refractivity contribution >= 4 is 11.7 Å². The molecule has 1 saturated heterocycles. The summed E-state index contributed by atoms with van der Waals surface area (Å²) in [5.74, 6) is 0. The molecule has 1 fully saturated rings. The van der Waals surface area contributed by atoms with Crippen LogP contribution in [0.25, 0.3) is 0 Å². The van der Waals surface area contributed by atoms with Crippen molar-refractivity contribution in [1.29, 1.82) is 0 Å². The monoisotopic (exact) mass is 348 g/mol. The zero-order chi connectivity index (χ0) is 18.2. The van der Waals surface area contributed by atoms with E-state index in [0.29, 0.717) is 0 Å². The highest BCUT2D eigenvalue weighted by atomic mass is 16.3. The number of aryl methyl sites for hydroxylation is 1. The summed E-state index contributed by atoms with van der Waals surface area (Å²) >= 11 is 0. The molecule has 0 aromatic heterocycles. The largest absolute Gasteiger partial charge is 0.394 e. The summed E-state index contributed by atoms with van der Waals surface area (Å²) in [6.07, 6.45) is 0.922. The Morgan fingerprint density at radius 3 is 2.48 bits per heavy atom. The zero-order valence-corrected chi connectivity index (χ0v) is 15.7. The molecular weight excluding hydrogens is 316 g/mol. The van der Waals surface area contributed by atoms with E-state index in [1.54, 1.807) is 6.92 Å². The Morgan fingerprint density at radius 2 is 1.84 bits per heavy atom. The summed E-state index contributed by atoms with van der Waals surface area (Å²) in [7, 11) is 0. The predicted octanol–water partition coefficient (Wildman–Crippen LogP) is 1.58. The van der Waals surface area contributed by atoms with E-state index in [-0.39, 0.29) is 24.7 Å². The topological polar surface area (TPSA) is 67.8 Å². The molecule has 3 N–H and O–H groups in total. The molecule has 2 atom stereocenters. The van der Waals surface area contributed by atoms with Crippen molar-refractivity contribution in [2.24, 2.45) is 0 Å². The lowest BCUT2D eigenvalue weighted by molar-refractivity contribution is 0.213. The molecule has 6 nitrogen and oxygen atoms in total. The molecule has 0 radical (unpaired) electrons. The van der Waals surface area contributed by atoms with Gasteiger partial charge < -0.3 is 20.6 Å². The Labute approximate surface area is 151 Å². The van der Waals surface area contributed by atoms with Crippen molar-refractivity contribution in [3.8, 4) is 0 Å². The Kier molecular flexibility index (Phi) is 7.52. The van der Waals surface area contributed by atoms with Gasteiger partial charge in [0.1, 0.15) is 0 Å². The fraction of sp³-hybridized carbons (Fsp3) is 0.632. The molecule has 1 unspecified atom stereocenters. The minimum atomic E-state index is -0.220. The number of hydrogen-bond donors (Lipinski definition) is 3. The fourth-order valence-electron chi connectivity index (χ4n) is 3.04. The molecule has 0 aliphatic carbocycles. The van der Waals surface area contributed by atoms with Crippen molar-refractivity contribution in [2.45, 2.75) is 39.3 Å². The number of anilines is 1. The van der Waals surface area contributed by atoms with Gasteiger partial charge in [-0.25, -0.2) is 4.79 Å². The van der Waals surface area contributed by atoms with Crippen LogP contribution in [-0.2, 0) is 0 Å². The Bertz CT molecular complexity index is 544. The van der Waals surface area contributed by atoms with Crippen molar-refractivity contribution in [3.63, 3.8) is 0 Å². The second-order valence-electron chi connectivity index (χ2n) is 7.06. The van der Waals surface area contributed by atoms with Crippen LogP contribution in [0.5, 0.6) is 0 Å². The minimum Gasteiger partial charge on any atom is -0.394 e. The van der Waals surface area contributed by atoms with Gasteiger partial charge in [0.2, 0.25) is 0 Å². The number of aliphatic hydroxyl groups is 1. The number of nitrogens with one attached hydrogen (secondary N) is 2. The van der Waals surface area contributed by atoms with Crippen LogP contribution in [-0.4, -0.2) is 67.5 Å². The number of rotatable bonds is 7. The van der Waals surface area contributed by atoms with E-state index >= 15 is 0 Å². The first kappa shape index (κ1) is 19.5. The molecular formula is C19H32N4O2. The van der Waals surface area contributed by atoms with Crippen LogP contribution in [0.2, 0.25) is 0 Å². The Hall–Kier alpha value is -1.79. The van der Waals surface area contributed by atoms with Gasteiger partial charge in [0, 0.05) is 44.5 Å². The van der Waals surface area contributed by atoms with Crippen LogP contribution in [0.4, 0.5) is 10.5 Å². The Balaban J connectivity index is 1.67. The van der Waals surface area contributed by atoms with Crippen LogP contribution < -0.4 is 15.5 Å². The molecule has 0 saturated carbocycles. The summed E-state index contributed by atoms with van der Waals surface area (Å²) < 4.78 is 0. The van der Waals surface area contributed by atoms with Crippen LogP contribution in [0.15, 0.2) is 24.3 Å². The molecule has 1 aliphatic heterocycles. The summed E-state index contributed by atoms with van der Waals surface area (Å²) in [4.78, 5) is 16.6. The van der Waals surface area contributed by atoms with Crippen LogP contribution >= 0.6 is 0 Å². The lowest BCUT2D eigenvalue weighted by Crippen LogP contribution is -2.49. The molecule has 1 aromatic carbocycles. The maximum Gasteiger partial charge on any atom is 0.315 e. The normalized spacial score (nSPS) is 17.8. The lowest BCUT2D eigenvalue weighted by Gasteiger charge is -2.36. The molecule has 25 heavy (non-hydrogen) atoms. The number of nitrogens with zero attached hydrogens (tertiary/aromatic N) is 2. The van der Waals surface area contributed by atoms with Gasteiger partial charge in [0.15, 0.2) is 0 Å². The van der Waals surface area contributed by atoms with Crippen molar-refractivity contribution in [1.82, 2.24) is 15.5 Å². The highest BCUT2D eigenvalue weighted by molar-refractivity contribution is 5.74. The van der Waals surface area contributed by atoms with Gasteiger partial charge in [-0.05, 0) is 44.9 Å². The summed E-state index contributed by atoms with van der Waals surface area (Å²) in [6, 6.07) is 8.35. The van der Waals surface area contributed by atoms with Crippen molar-refractivity contribution in [3.05, 3.63) is 29.8 Å². The molecule has 1 aromatic rings. The van der Waals surface area contributed by atoms with Gasteiger partial charge >= 0.3 is 6.03 Å². The number of aliphatic hydroxyl groups excluding tert-OH is 1. The van der Waals surface area contributed by atoms with Crippen molar-refractivity contribution in [2.75, 3.05) is 44.2 Å². The van der Waals surface area contributed by atoms with E-state index in [0.717, 1.165) is 39.1 Å². The second-order valence-corrected chi connectivity index (χ2v) is 7.06. The van der Waals surface area contributed by atoms with Crippen LogP contribution in [0.1, 0.15) is 25.8 Å². The number of amides is 2. The maximum absolute atomic E-state index is 11.7. The first-order valence-electron chi connectivity index (χ1n) is 9.20. The van der Waals surface area contributed by atoms with E-state index in [4.69, 9.17) is 5.11 Å². The van der Waals surface area contributed by atoms with Crippen LogP contribution in [0.3, 0.4) is 0 Å². The van der Waals surface area contributed by atoms with Gasteiger partial charge in [-0.2, -0.15) is 0 Å². The minimum absolute atomic E-state index is 0.0486. The maximum atomic E-state index is 11.7. The average Bonchev–Trinajstić information content (AvgIpc) is 2.60. The average molecular weight is 348 g/mol. The second kappa shape index (κ2) is 9.63. The van der Waals surface area contributed by atoms with Gasteiger partial charge in [-0.3, -0.25) is 4.90 Å². The molecule has 6 heteroatoms. The number of hydrogen-bond acceptors (Lipinski definition) is 4. The third-order valence-electron chi connectivity index (χ3n) is 4.65. The molecule has 1 aliphatic rings. The lowest BCUT2D eigenvalue weighted by atomic mass is 10.1. The first-order chi connectivity index (χ1) is 12.0. The third kappa shape index (κ3) is 6.55. The zero-order valence-electron chi connectivity index (χ0n) is 15.7. The SMILES string of the molecule is Cc1cccc(N2CCN(CCC(C)NC(=O)N[C@@H](C)CO)CC2)c1. The van der Waals surface area contributed by atoms with E-state index in [1.807, 2.05) is 6.92 Å². The van der Waals surface area contributed by atoms with Gasteiger partial charge in [0.05, 0.1) is 12.6 Å². The van der Waals surface area contributed by atoms with E-state index in [9.17, 15) is 4.79 Å². The molecule has 0 spiro atoms. The molecule has 2 amide bonds. The molecule has 0 bridgehead atoms. The van der Waals surface area contributed by atoms with Crippen LogP contribution in [0, 0.1) is 6.92 Å². The smallest absolute Gasteiger partial charge is 0.315 e. The predicted molar refractivity (Wildman–Crippen MR) is 102 cm³/mol. The van der Waals surface area contributed by atoms with E-state index in [2.05, 4.69) is 51.6 Å². The third-order valence-corrected chi connectivity index (χ3v) is 4.65. The standard InChI is InChI=1S/C19H32N4O2/c1-15-5-4-6-18(13-15)23-11-9-22(10-12-23)8-7-16(2)20-19(25)21-17(3)14-24/h4-6,13,16-17,24H,7-12,14H2,1-3H3,(H2,20,21,25)/t16?,17-/m0/s1. The number of urea groups is 1. The quantitative estimate of drug-likeness (QED) is 0.700.